The SMILES string of the molecule is CCn1cc(CN2C(=O)/C(=C\c3sccc3C)NC2=S)cn1. The van der Waals surface area contributed by atoms with Crippen LogP contribution < -0.4 is 5.32 Å². The molecule has 0 saturated carbocycles. The highest BCUT2D eigenvalue weighted by Crippen LogP contribution is 2.22. The average Bonchev–Trinajstić information content (AvgIpc) is 3.18. The smallest absolute Gasteiger partial charge is 0.276 e. The summed E-state index contributed by atoms with van der Waals surface area (Å²) in [6.07, 6.45) is 5.57. The number of nitrogens with one attached hydrogen (secondary N) is 1. The van der Waals surface area contributed by atoms with Gasteiger partial charge in [0.05, 0.1) is 12.7 Å². The zero-order chi connectivity index (χ0) is 15.7. The summed E-state index contributed by atoms with van der Waals surface area (Å²) >= 11 is 6.89. The summed E-state index contributed by atoms with van der Waals surface area (Å²) in [7, 11) is 0. The normalized spacial score (nSPS) is 16.6. The van der Waals surface area contributed by atoms with E-state index in [-0.39, 0.29) is 5.91 Å². The molecule has 0 unspecified atom stereocenters. The van der Waals surface area contributed by atoms with Crippen molar-refractivity contribution >= 4 is 40.7 Å². The number of rotatable bonds is 4. The lowest BCUT2D eigenvalue weighted by molar-refractivity contribution is -0.122. The lowest BCUT2D eigenvalue weighted by Gasteiger charge is -2.12. The predicted molar refractivity (Wildman–Crippen MR) is 91.2 cm³/mol. The minimum Gasteiger partial charge on any atom is -0.328 e. The monoisotopic (exact) mass is 332 g/mol. The average molecular weight is 332 g/mol. The van der Waals surface area contributed by atoms with Gasteiger partial charge >= 0.3 is 0 Å². The van der Waals surface area contributed by atoms with Crippen molar-refractivity contribution in [3.63, 3.8) is 0 Å². The topological polar surface area (TPSA) is 50.2 Å². The molecule has 1 amide bonds. The number of hydrogen-bond donors (Lipinski definition) is 1. The maximum Gasteiger partial charge on any atom is 0.276 e. The molecule has 1 fully saturated rings. The van der Waals surface area contributed by atoms with Crippen LogP contribution in [0.4, 0.5) is 0 Å². The maximum absolute atomic E-state index is 12.5. The summed E-state index contributed by atoms with van der Waals surface area (Å²) in [6, 6.07) is 2.03. The van der Waals surface area contributed by atoms with E-state index < -0.39 is 0 Å². The van der Waals surface area contributed by atoms with Crippen LogP contribution in [-0.2, 0) is 17.9 Å². The molecule has 7 heteroatoms. The largest absolute Gasteiger partial charge is 0.328 e. The van der Waals surface area contributed by atoms with Crippen LogP contribution in [0.25, 0.3) is 6.08 Å². The van der Waals surface area contributed by atoms with E-state index in [0.29, 0.717) is 17.4 Å². The Hall–Kier alpha value is -1.99. The molecule has 1 aliphatic heterocycles. The van der Waals surface area contributed by atoms with Crippen LogP contribution in [0, 0.1) is 6.92 Å². The number of thiocarbonyl (C=S) groups is 1. The van der Waals surface area contributed by atoms with Crippen LogP contribution in [0.2, 0.25) is 0 Å². The Labute approximate surface area is 138 Å². The van der Waals surface area contributed by atoms with E-state index in [9.17, 15) is 4.79 Å². The molecule has 2 aromatic heterocycles. The Kier molecular flexibility index (Phi) is 4.08. The number of aromatic nitrogens is 2. The molecule has 3 heterocycles. The van der Waals surface area contributed by atoms with Gasteiger partial charge in [-0.25, -0.2) is 0 Å². The van der Waals surface area contributed by atoms with Gasteiger partial charge in [-0.05, 0) is 49.2 Å². The molecule has 1 N–H and O–H groups in total. The van der Waals surface area contributed by atoms with E-state index in [1.165, 1.54) is 0 Å². The van der Waals surface area contributed by atoms with Crippen LogP contribution in [-0.4, -0.2) is 25.7 Å². The number of thiophene rings is 1. The van der Waals surface area contributed by atoms with Crippen LogP contribution in [0.5, 0.6) is 0 Å². The predicted octanol–water partition coefficient (Wildman–Crippen LogP) is 2.53. The van der Waals surface area contributed by atoms with E-state index in [2.05, 4.69) is 10.4 Å². The van der Waals surface area contributed by atoms with Crippen molar-refractivity contribution < 1.29 is 4.79 Å². The second-order valence-electron chi connectivity index (χ2n) is 5.05. The summed E-state index contributed by atoms with van der Waals surface area (Å²) < 4.78 is 1.83. The standard InChI is InChI=1S/C15H16N4OS2/c1-3-18-8-11(7-16-18)9-19-14(20)12(17-15(19)21)6-13-10(2)4-5-22-13/h4-8H,3,9H2,1-2H3,(H,17,21)/b12-6+. The van der Waals surface area contributed by atoms with Crippen molar-refractivity contribution in [2.75, 3.05) is 0 Å². The molecular weight excluding hydrogens is 316 g/mol. The summed E-state index contributed by atoms with van der Waals surface area (Å²) in [5, 5.41) is 9.68. The highest BCUT2D eigenvalue weighted by molar-refractivity contribution is 7.80. The Morgan fingerprint density at radius 2 is 2.32 bits per heavy atom. The fourth-order valence-corrected chi connectivity index (χ4v) is 3.34. The van der Waals surface area contributed by atoms with Gasteiger partial charge in [-0.1, -0.05) is 0 Å². The molecule has 0 radical (unpaired) electrons. The summed E-state index contributed by atoms with van der Waals surface area (Å²) in [5.74, 6) is -0.0953. The van der Waals surface area contributed by atoms with Gasteiger partial charge in [0, 0.05) is 23.2 Å². The van der Waals surface area contributed by atoms with Crippen LogP contribution in [0.15, 0.2) is 29.5 Å². The van der Waals surface area contributed by atoms with Gasteiger partial charge in [0.25, 0.3) is 5.91 Å². The molecule has 1 saturated heterocycles. The van der Waals surface area contributed by atoms with E-state index in [0.717, 1.165) is 22.5 Å². The second-order valence-corrected chi connectivity index (χ2v) is 6.39. The van der Waals surface area contributed by atoms with Gasteiger partial charge < -0.3 is 5.32 Å². The fraction of sp³-hybridized carbons (Fsp3) is 0.267. The molecule has 1 aliphatic rings. The Morgan fingerprint density at radius 1 is 1.50 bits per heavy atom. The number of carbonyl (C=O) groups is 1. The van der Waals surface area contributed by atoms with Crippen LogP contribution in [0.1, 0.15) is 22.9 Å². The first-order chi connectivity index (χ1) is 10.6. The number of carbonyl (C=O) groups excluding carboxylic acids is 1. The van der Waals surface area contributed by atoms with Crippen molar-refractivity contribution in [1.82, 2.24) is 20.0 Å². The molecule has 2 aromatic rings. The second kappa shape index (κ2) is 6.02. The Balaban J connectivity index is 1.79. The van der Waals surface area contributed by atoms with E-state index in [1.54, 1.807) is 22.4 Å². The Morgan fingerprint density at radius 3 is 2.95 bits per heavy atom. The molecule has 22 heavy (non-hydrogen) atoms. The van der Waals surface area contributed by atoms with Crippen LogP contribution in [0.3, 0.4) is 0 Å². The summed E-state index contributed by atoms with van der Waals surface area (Å²) in [5.41, 5.74) is 2.65. The molecule has 0 atom stereocenters. The fourth-order valence-electron chi connectivity index (χ4n) is 2.22. The van der Waals surface area contributed by atoms with Gasteiger partial charge in [0.15, 0.2) is 5.11 Å². The molecule has 5 nitrogen and oxygen atoms in total. The highest BCUT2D eigenvalue weighted by atomic mass is 32.1. The minimum atomic E-state index is -0.0953. The molecule has 3 rings (SSSR count). The zero-order valence-electron chi connectivity index (χ0n) is 12.4. The summed E-state index contributed by atoms with van der Waals surface area (Å²) in [4.78, 5) is 15.2. The van der Waals surface area contributed by atoms with Crippen molar-refractivity contribution in [1.29, 1.82) is 0 Å². The first kappa shape index (κ1) is 14.9. The van der Waals surface area contributed by atoms with Crippen molar-refractivity contribution in [3.8, 4) is 0 Å². The number of nitrogens with zero attached hydrogens (tertiary/aromatic N) is 3. The third-order valence-corrected chi connectivity index (χ3v) is 4.78. The first-order valence-corrected chi connectivity index (χ1v) is 8.27. The lowest BCUT2D eigenvalue weighted by atomic mass is 10.2. The number of aryl methyl sites for hydroxylation is 2. The van der Waals surface area contributed by atoms with Crippen molar-refractivity contribution in [3.05, 3.63) is 45.5 Å². The van der Waals surface area contributed by atoms with Gasteiger partial charge in [-0.15, -0.1) is 11.3 Å². The molecule has 114 valence electrons. The van der Waals surface area contributed by atoms with Gasteiger partial charge in [-0.2, -0.15) is 5.10 Å². The van der Waals surface area contributed by atoms with E-state index in [4.69, 9.17) is 12.2 Å². The first-order valence-electron chi connectivity index (χ1n) is 6.98. The minimum absolute atomic E-state index is 0.0953. The van der Waals surface area contributed by atoms with Gasteiger partial charge in [-0.3, -0.25) is 14.4 Å². The van der Waals surface area contributed by atoms with Gasteiger partial charge in [0.2, 0.25) is 0 Å². The molecule has 0 spiro atoms. The van der Waals surface area contributed by atoms with Gasteiger partial charge in [0.1, 0.15) is 5.70 Å². The third kappa shape index (κ3) is 2.82. The van der Waals surface area contributed by atoms with E-state index >= 15 is 0 Å². The summed E-state index contributed by atoms with van der Waals surface area (Å²) in [6.45, 7) is 5.29. The van der Waals surface area contributed by atoms with E-state index in [1.807, 2.05) is 42.2 Å². The molecule has 0 aliphatic carbocycles. The number of hydrogen-bond acceptors (Lipinski definition) is 4. The van der Waals surface area contributed by atoms with Crippen molar-refractivity contribution in [2.24, 2.45) is 0 Å². The zero-order valence-corrected chi connectivity index (χ0v) is 14.0. The molecule has 0 aromatic carbocycles. The maximum atomic E-state index is 12.5. The highest BCUT2D eigenvalue weighted by Gasteiger charge is 2.31. The molecular formula is C15H16N4OS2. The quantitative estimate of drug-likeness (QED) is 0.690. The molecule has 0 bridgehead atoms. The number of amides is 1. The Bertz CT molecular complexity index is 759. The van der Waals surface area contributed by atoms with Crippen molar-refractivity contribution in [2.45, 2.75) is 26.9 Å². The lowest BCUT2D eigenvalue weighted by Crippen LogP contribution is -2.29. The third-order valence-electron chi connectivity index (χ3n) is 3.49. The van der Waals surface area contributed by atoms with Crippen LogP contribution >= 0.6 is 23.6 Å².